The number of para-hydroxylation sites is 1. The summed E-state index contributed by atoms with van der Waals surface area (Å²) in [6.07, 6.45) is 2.99. The number of hydrogen-bond donors (Lipinski definition) is 1. The number of hydrogen-bond acceptors (Lipinski definition) is 4. The van der Waals surface area contributed by atoms with Crippen molar-refractivity contribution in [1.29, 1.82) is 0 Å². The minimum absolute atomic E-state index is 0.267. The highest BCUT2D eigenvalue weighted by atomic mass is 16.5. The van der Waals surface area contributed by atoms with Gasteiger partial charge in [0.05, 0.1) is 18.5 Å². The summed E-state index contributed by atoms with van der Waals surface area (Å²) >= 11 is 0. The molecule has 0 radical (unpaired) electrons. The number of benzene rings is 1. The quantitative estimate of drug-likeness (QED) is 0.674. The molecular weight excluding hydrogens is 294 g/mol. The van der Waals surface area contributed by atoms with Crippen molar-refractivity contribution in [3.8, 4) is 5.69 Å². The van der Waals surface area contributed by atoms with E-state index >= 15 is 0 Å². The van der Waals surface area contributed by atoms with E-state index in [1.54, 1.807) is 4.68 Å². The smallest absolute Gasteiger partial charge is 0.321 e. The summed E-state index contributed by atoms with van der Waals surface area (Å²) < 4.78 is 6.50. The van der Waals surface area contributed by atoms with Crippen LogP contribution in [0.25, 0.3) is 5.69 Å². The first-order valence-electron chi connectivity index (χ1n) is 7.54. The molecule has 0 atom stereocenters. The predicted octanol–water partition coefficient (Wildman–Crippen LogP) is 1.75. The molecule has 6 nitrogen and oxygen atoms in total. The van der Waals surface area contributed by atoms with Crippen LogP contribution in [0.3, 0.4) is 0 Å². The Labute approximate surface area is 134 Å². The Morgan fingerprint density at radius 2 is 2.00 bits per heavy atom. The van der Waals surface area contributed by atoms with Crippen molar-refractivity contribution in [1.82, 2.24) is 15.1 Å². The highest BCUT2D eigenvalue weighted by molar-refractivity contribution is 6.05. The summed E-state index contributed by atoms with van der Waals surface area (Å²) in [4.78, 5) is 24.0. The second kappa shape index (κ2) is 5.87. The van der Waals surface area contributed by atoms with E-state index in [9.17, 15) is 9.59 Å². The first-order chi connectivity index (χ1) is 11.1. The average molecular weight is 313 g/mol. The predicted molar refractivity (Wildman–Crippen MR) is 83.8 cm³/mol. The first-order valence-corrected chi connectivity index (χ1v) is 7.54. The van der Waals surface area contributed by atoms with Gasteiger partial charge in [0.25, 0.3) is 0 Å². The number of aryl methyl sites for hydroxylation is 1. The van der Waals surface area contributed by atoms with Gasteiger partial charge in [0.1, 0.15) is 5.41 Å². The number of methoxy groups -OCH3 is 1. The average Bonchev–Trinajstić information content (AvgIpc) is 3.31. The summed E-state index contributed by atoms with van der Waals surface area (Å²) in [7, 11) is 1.31. The van der Waals surface area contributed by atoms with Crippen LogP contribution < -0.4 is 5.32 Å². The van der Waals surface area contributed by atoms with Crippen LogP contribution in [-0.4, -0.2) is 28.8 Å². The fourth-order valence-corrected chi connectivity index (χ4v) is 2.57. The van der Waals surface area contributed by atoms with Crippen LogP contribution in [0.4, 0.5) is 0 Å². The number of ether oxygens (including phenoxy) is 1. The zero-order valence-corrected chi connectivity index (χ0v) is 13.2. The fourth-order valence-electron chi connectivity index (χ4n) is 2.57. The highest BCUT2D eigenvalue weighted by Crippen LogP contribution is 2.46. The Morgan fingerprint density at radius 1 is 1.30 bits per heavy atom. The summed E-state index contributed by atoms with van der Waals surface area (Å²) in [6.45, 7) is 2.24. The Kier molecular flexibility index (Phi) is 3.90. The van der Waals surface area contributed by atoms with E-state index < -0.39 is 11.4 Å². The maximum Gasteiger partial charge on any atom is 0.321 e. The van der Waals surface area contributed by atoms with Crippen molar-refractivity contribution in [2.75, 3.05) is 7.11 Å². The molecule has 1 N–H and O–H groups in total. The van der Waals surface area contributed by atoms with Crippen LogP contribution in [0.15, 0.2) is 36.5 Å². The third-order valence-corrected chi connectivity index (χ3v) is 4.22. The molecule has 1 aliphatic carbocycles. The summed E-state index contributed by atoms with van der Waals surface area (Å²) in [5.74, 6) is -0.720. The van der Waals surface area contributed by atoms with Gasteiger partial charge in [-0.25, -0.2) is 4.68 Å². The van der Waals surface area contributed by atoms with Crippen LogP contribution in [0, 0.1) is 12.3 Å². The van der Waals surface area contributed by atoms with Gasteiger partial charge < -0.3 is 10.1 Å². The zero-order valence-electron chi connectivity index (χ0n) is 13.2. The van der Waals surface area contributed by atoms with Gasteiger partial charge in [-0.3, -0.25) is 9.59 Å². The number of carbonyl (C=O) groups excluding carboxylic acids is 2. The molecule has 1 fully saturated rings. The van der Waals surface area contributed by atoms with Gasteiger partial charge in [-0.05, 0) is 31.9 Å². The number of aromatic nitrogens is 2. The van der Waals surface area contributed by atoms with Gasteiger partial charge in [0.15, 0.2) is 0 Å². The monoisotopic (exact) mass is 313 g/mol. The maximum atomic E-state index is 12.2. The van der Waals surface area contributed by atoms with Gasteiger partial charge in [0, 0.05) is 18.3 Å². The fraction of sp³-hybridized carbons (Fsp3) is 0.353. The molecule has 1 aromatic heterocycles. The van der Waals surface area contributed by atoms with Crippen LogP contribution in [0.2, 0.25) is 0 Å². The van der Waals surface area contributed by atoms with Crippen molar-refractivity contribution in [2.45, 2.75) is 26.3 Å². The van der Waals surface area contributed by atoms with Crippen LogP contribution >= 0.6 is 0 Å². The topological polar surface area (TPSA) is 73.2 Å². The molecule has 6 heteroatoms. The van der Waals surface area contributed by atoms with Crippen LogP contribution in [0.1, 0.15) is 24.1 Å². The van der Waals surface area contributed by atoms with E-state index in [0.717, 1.165) is 16.9 Å². The molecule has 0 unspecified atom stereocenters. The number of esters is 1. The molecule has 1 aliphatic rings. The number of amides is 1. The van der Waals surface area contributed by atoms with Gasteiger partial charge in [0.2, 0.25) is 5.91 Å². The normalized spacial score (nSPS) is 15.0. The van der Waals surface area contributed by atoms with E-state index in [-0.39, 0.29) is 5.91 Å². The molecule has 1 amide bonds. The van der Waals surface area contributed by atoms with Crippen molar-refractivity contribution in [2.24, 2.45) is 5.41 Å². The van der Waals surface area contributed by atoms with Crippen molar-refractivity contribution < 1.29 is 14.3 Å². The SMILES string of the molecule is COC(=O)C1(C(=O)NCc2cn(-c3ccccc3)nc2C)CC1. The Hall–Kier alpha value is -2.63. The lowest BCUT2D eigenvalue weighted by atomic mass is 10.1. The van der Waals surface area contributed by atoms with E-state index in [0.29, 0.717) is 19.4 Å². The lowest BCUT2D eigenvalue weighted by Crippen LogP contribution is -2.37. The Bertz CT molecular complexity index is 733. The number of carbonyl (C=O) groups is 2. The van der Waals surface area contributed by atoms with Crippen LogP contribution in [-0.2, 0) is 20.9 Å². The van der Waals surface area contributed by atoms with Crippen molar-refractivity contribution in [3.63, 3.8) is 0 Å². The van der Waals surface area contributed by atoms with E-state index in [4.69, 9.17) is 4.74 Å². The van der Waals surface area contributed by atoms with Crippen molar-refractivity contribution in [3.05, 3.63) is 47.8 Å². The van der Waals surface area contributed by atoms with Gasteiger partial charge >= 0.3 is 5.97 Å². The molecule has 0 aliphatic heterocycles. The first kappa shape index (κ1) is 15.3. The number of rotatable bonds is 5. The highest BCUT2D eigenvalue weighted by Gasteiger charge is 2.57. The number of nitrogens with zero attached hydrogens (tertiary/aromatic N) is 2. The summed E-state index contributed by atoms with van der Waals surface area (Å²) in [6, 6.07) is 9.77. The molecule has 0 saturated heterocycles. The molecule has 0 spiro atoms. The third kappa shape index (κ3) is 2.84. The molecule has 1 heterocycles. The largest absolute Gasteiger partial charge is 0.468 e. The van der Waals surface area contributed by atoms with Gasteiger partial charge in [-0.2, -0.15) is 5.10 Å². The molecular formula is C17H19N3O3. The van der Waals surface area contributed by atoms with E-state index in [1.807, 2.05) is 43.5 Å². The standard InChI is InChI=1S/C17H19N3O3/c1-12-13(11-20(19-12)14-6-4-3-5-7-14)10-18-15(21)17(8-9-17)16(22)23-2/h3-7,11H,8-10H2,1-2H3,(H,18,21). The molecule has 2 aromatic rings. The van der Waals surface area contributed by atoms with E-state index in [2.05, 4.69) is 10.4 Å². The summed E-state index contributed by atoms with van der Waals surface area (Å²) in [5.41, 5.74) is 1.75. The van der Waals surface area contributed by atoms with Crippen LogP contribution in [0.5, 0.6) is 0 Å². The Morgan fingerprint density at radius 3 is 2.61 bits per heavy atom. The third-order valence-electron chi connectivity index (χ3n) is 4.22. The summed E-state index contributed by atoms with van der Waals surface area (Å²) in [5, 5.41) is 7.29. The molecule has 1 saturated carbocycles. The molecule has 1 aromatic carbocycles. The molecule has 120 valence electrons. The molecule has 0 bridgehead atoms. The molecule has 3 rings (SSSR count). The van der Waals surface area contributed by atoms with Crippen molar-refractivity contribution >= 4 is 11.9 Å². The lowest BCUT2D eigenvalue weighted by Gasteiger charge is -2.12. The minimum Gasteiger partial charge on any atom is -0.468 e. The lowest BCUT2D eigenvalue weighted by molar-refractivity contribution is -0.152. The second-order valence-corrected chi connectivity index (χ2v) is 5.78. The van der Waals surface area contributed by atoms with Gasteiger partial charge in [-0.15, -0.1) is 0 Å². The minimum atomic E-state index is -0.974. The number of nitrogens with one attached hydrogen (secondary N) is 1. The van der Waals surface area contributed by atoms with Gasteiger partial charge in [-0.1, -0.05) is 18.2 Å². The second-order valence-electron chi connectivity index (χ2n) is 5.78. The Balaban J connectivity index is 1.69. The van der Waals surface area contributed by atoms with E-state index in [1.165, 1.54) is 7.11 Å². The maximum absolute atomic E-state index is 12.2. The molecule has 23 heavy (non-hydrogen) atoms. The zero-order chi connectivity index (χ0) is 16.4.